The lowest BCUT2D eigenvalue weighted by Crippen LogP contribution is -2.37. The van der Waals surface area contributed by atoms with Crippen molar-refractivity contribution < 1.29 is 4.74 Å². The second kappa shape index (κ2) is 8.36. The van der Waals surface area contributed by atoms with Gasteiger partial charge in [0.25, 0.3) is 5.56 Å². The minimum atomic E-state index is 0.0646. The summed E-state index contributed by atoms with van der Waals surface area (Å²) >= 11 is 0. The monoisotopic (exact) mass is 411 g/mol. The number of hydrogen-bond donors (Lipinski definition) is 0. The fourth-order valence-corrected chi connectivity index (χ4v) is 4.46. The van der Waals surface area contributed by atoms with Gasteiger partial charge in [-0.05, 0) is 47.4 Å². The molecule has 0 saturated heterocycles. The van der Waals surface area contributed by atoms with E-state index in [0.717, 1.165) is 53.0 Å². The lowest BCUT2D eigenvalue weighted by molar-refractivity contribution is 0.244. The standard InChI is InChI=1S/C26H25N3O2/c1-31-21-11-9-20(10-12-21)17-29-25-23(8-5-14-27-25)22-13-15-28(18-24(22)26(29)30)16-19-6-3-2-4-7-19/h2-12,14H,13,15-18H2,1H3. The smallest absolute Gasteiger partial charge is 0.257 e. The predicted octanol–water partition coefficient (Wildman–Crippen LogP) is 4.01. The SMILES string of the molecule is COc1ccc(Cn2c(=O)c3c(c4cccnc42)CCN(Cc2ccccc2)C3)cc1. The summed E-state index contributed by atoms with van der Waals surface area (Å²) in [6.45, 7) is 2.94. The largest absolute Gasteiger partial charge is 0.497 e. The van der Waals surface area contributed by atoms with Crippen LogP contribution in [-0.4, -0.2) is 28.1 Å². The number of pyridine rings is 2. The molecule has 0 saturated carbocycles. The fraction of sp³-hybridized carbons (Fsp3) is 0.231. The summed E-state index contributed by atoms with van der Waals surface area (Å²) in [6, 6.07) is 22.4. The fourth-order valence-electron chi connectivity index (χ4n) is 4.46. The van der Waals surface area contributed by atoms with Gasteiger partial charge in [-0.3, -0.25) is 14.3 Å². The quantitative estimate of drug-likeness (QED) is 0.498. The topological polar surface area (TPSA) is 47.4 Å². The van der Waals surface area contributed by atoms with Crippen LogP contribution in [0.3, 0.4) is 0 Å². The van der Waals surface area contributed by atoms with Crippen LogP contribution in [0.15, 0.2) is 77.7 Å². The summed E-state index contributed by atoms with van der Waals surface area (Å²) in [6.07, 6.45) is 2.63. The molecule has 0 N–H and O–H groups in total. The van der Waals surface area contributed by atoms with Crippen LogP contribution in [0, 0.1) is 0 Å². The first-order valence-corrected chi connectivity index (χ1v) is 10.6. The predicted molar refractivity (Wildman–Crippen MR) is 122 cm³/mol. The van der Waals surface area contributed by atoms with Gasteiger partial charge in [-0.15, -0.1) is 0 Å². The lowest BCUT2D eigenvalue weighted by Gasteiger charge is -2.30. The van der Waals surface area contributed by atoms with Crippen LogP contribution in [0.25, 0.3) is 11.0 Å². The maximum absolute atomic E-state index is 13.6. The number of methoxy groups -OCH3 is 1. The number of rotatable bonds is 5. The Hall–Kier alpha value is -3.44. The Bertz CT molecular complexity index is 1260. The third-order valence-electron chi connectivity index (χ3n) is 6.04. The van der Waals surface area contributed by atoms with Gasteiger partial charge in [0.1, 0.15) is 11.4 Å². The van der Waals surface area contributed by atoms with Gasteiger partial charge in [0.2, 0.25) is 0 Å². The molecule has 0 amide bonds. The average molecular weight is 412 g/mol. The molecule has 2 aromatic heterocycles. The number of hydrogen-bond acceptors (Lipinski definition) is 4. The van der Waals surface area contributed by atoms with E-state index in [-0.39, 0.29) is 5.56 Å². The summed E-state index contributed by atoms with van der Waals surface area (Å²) in [4.78, 5) is 20.6. The van der Waals surface area contributed by atoms with E-state index in [1.165, 1.54) is 5.56 Å². The highest BCUT2D eigenvalue weighted by Gasteiger charge is 2.24. The van der Waals surface area contributed by atoms with Gasteiger partial charge in [0.05, 0.1) is 13.7 Å². The highest BCUT2D eigenvalue weighted by Crippen LogP contribution is 2.25. The summed E-state index contributed by atoms with van der Waals surface area (Å²) in [5.41, 5.74) is 5.20. The Morgan fingerprint density at radius 1 is 0.903 bits per heavy atom. The molecule has 5 heteroatoms. The Morgan fingerprint density at radius 3 is 2.45 bits per heavy atom. The maximum Gasteiger partial charge on any atom is 0.257 e. The van der Waals surface area contributed by atoms with E-state index < -0.39 is 0 Å². The number of ether oxygens (including phenoxy) is 1. The zero-order valence-electron chi connectivity index (χ0n) is 17.6. The van der Waals surface area contributed by atoms with Crippen LogP contribution >= 0.6 is 0 Å². The van der Waals surface area contributed by atoms with Crippen LogP contribution in [0.2, 0.25) is 0 Å². The number of benzene rings is 2. The average Bonchev–Trinajstić information content (AvgIpc) is 2.83. The van der Waals surface area contributed by atoms with Crippen LogP contribution in [0.5, 0.6) is 5.75 Å². The Kier molecular flexibility index (Phi) is 5.26. The highest BCUT2D eigenvalue weighted by atomic mass is 16.5. The van der Waals surface area contributed by atoms with Crippen molar-refractivity contribution in [2.45, 2.75) is 26.1 Å². The van der Waals surface area contributed by atoms with E-state index in [2.05, 4.69) is 40.2 Å². The molecule has 4 aromatic rings. The zero-order chi connectivity index (χ0) is 21.2. The van der Waals surface area contributed by atoms with E-state index in [1.54, 1.807) is 13.3 Å². The summed E-state index contributed by atoms with van der Waals surface area (Å²) in [5, 5.41) is 1.09. The molecular formula is C26H25N3O2. The molecule has 0 bridgehead atoms. The van der Waals surface area contributed by atoms with Crippen LogP contribution < -0.4 is 10.3 Å². The van der Waals surface area contributed by atoms with Gasteiger partial charge in [-0.25, -0.2) is 4.98 Å². The van der Waals surface area contributed by atoms with Gasteiger partial charge in [0, 0.05) is 36.8 Å². The molecule has 0 aliphatic carbocycles. The molecule has 5 nitrogen and oxygen atoms in total. The first-order valence-electron chi connectivity index (χ1n) is 10.6. The second-order valence-corrected chi connectivity index (χ2v) is 8.02. The molecule has 0 unspecified atom stereocenters. The minimum absolute atomic E-state index is 0.0646. The van der Waals surface area contributed by atoms with Crippen molar-refractivity contribution in [1.82, 2.24) is 14.5 Å². The summed E-state index contributed by atoms with van der Waals surface area (Å²) in [7, 11) is 1.65. The minimum Gasteiger partial charge on any atom is -0.497 e. The third-order valence-corrected chi connectivity index (χ3v) is 6.04. The van der Waals surface area contributed by atoms with Crippen molar-refractivity contribution in [3.63, 3.8) is 0 Å². The van der Waals surface area contributed by atoms with Gasteiger partial charge in [0.15, 0.2) is 0 Å². The van der Waals surface area contributed by atoms with E-state index in [1.807, 2.05) is 41.0 Å². The van der Waals surface area contributed by atoms with Gasteiger partial charge in [-0.2, -0.15) is 0 Å². The molecule has 31 heavy (non-hydrogen) atoms. The number of fused-ring (bicyclic) bond motifs is 3. The molecule has 156 valence electrons. The molecular weight excluding hydrogens is 386 g/mol. The van der Waals surface area contributed by atoms with Crippen molar-refractivity contribution in [3.05, 3.63) is 106 Å². The van der Waals surface area contributed by atoms with Crippen molar-refractivity contribution in [2.75, 3.05) is 13.7 Å². The first-order chi connectivity index (χ1) is 15.2. The molecule has 0 atom stereocenters. The number of nitrogens with zero attached hydrogens (tertiary/aromatic N) is 3. The van der Waals surface area contributed by atoms with E-state index >= 15 is 0 Å². The van der Waals surface area contributed by atoms with Crippen molar-refractivity contribution >= 4 is 11.0 Å². The molecule has 5 rings (SSSR count). The summed E-state index contributed by atoms with van der Waals surface area (Å²) < 4.78 is 7.08. The van der Waals surface area contributed by atoms with Gasteiger partial charge in [-0.1, -0.05) is 42.5 Å². The highest BCUT2D eigenvalue weighted by molar-refractivity contribution is 5.80. The van der Waals surface area contributed by atoms with Crippen molar-refractivity contribution in [3.8, 4) is 5.75 Å². The molecule has 2 aromatic carbocycles. The molecule has 0 spiro atoms. The Balaban J connectivity index is 1.54. The Labute approximate surface area is 181 Å². The van der Waals surface area contributed by atoms with Crippen LogP contribution in [-0.2, 0) is 26.1 Å². The molecule has 0 fully saturated rings. The summed E-state index contributed by atoms with van der Waals surface area (Å²) in [5.74, 6) is 0.807. The Morgan fingerprint density at radius 2 is 1.68 bits per heavy atom. The molecule has 1 aliphatic heterocycles. The lowest BCUT2D eigenvalue weighted by atomic mass is 9.97. The van der Waals surface area contributed by atoms with E-state index in [4.69, 9.17) is 4.74 Å². The van der Waals surface area contributed by atoms with Gasteiger partial charge < -0.3 is 4.74 Å². The van der Waals surface area contributed by atoms with Crippen LogP contribution in [0.4, 0.5) is 0 Å². The first kappa shape index (κ1) is 19.5. The van der Waals surface area contributed by atoms with Crippen molar-refractivity contribution in [1.29, 1.82) is 0 Å². The van der Waals surface area contributed by atoms with Crippen LogP contribution in [0.1, 0.15) is 22.3 Å². The third kappa shape index (κ3) is 3.84. The molecule has 0 radical (unpaired) electrons. The second-order valence-electron chi connectivity index (χ2n) is 8.02. The molecule has 1 aliphatic rings. The normalized spacial score (nSPS) is 13.8. The van der Waals surface area contributed by atoms with E-state index in [0.29, 0.717) is 13.1 Å². The van der Waals surface area contributed by atoms with Crippen molar-refractivity contribution in [2.24, 2.45) is 0 Å². The van der Waals surface area contributed by atoms with E-state index in [9.17, 15) is 4.79 Å². The zero-order valence-corrected chi connectivity index (χ0v) is 17.6. The maximum atomic E-state index is 13.6. The molecule has 3 heterocycles. The van der Waals surface area contributed by atoms with Gasteiger partial charge >= 0.3 is 0 Å². The number of aromatic nitrogens is 2.